The van der Waals surface area contributed by atoms with Gasteiger partial charge in [-0.15, -0.1) is 22.7 Å². The van der Waals surface area contributed by atoms with E-state index in [-0.39, 0.29) is 11.5 Å². The topological polar surface area (TPSA) is 96.1 Å². The van der Waals surface area contributed by atoms with E-state index >= 15 is 0 Å². The lowest BCUT2D eigenvalue weighted by atomic mass is 10.3. The highest BCUT2D eigenvalue weighted by atomic mass is 32.1. The summed E-state index contributed by atoms with van der Waals surface area (Å²) in [6.07, 6.45) is 1.91. The molecule has 0 aromatic carbocycles. The molecule has 3 aromatic rings. The summed E-state index contributed by atoms with van der Waals surface area (Å²) in [5, 5.41) is 8.24. The number of carbonyl (C=O) groups is 2. The van der Waals surface area contributed by atoms with Crippen LogP contribution in [0.1, 0.15) is 68.3 Å². The van der Waals surface area contributed by atoms with Crippen molar-refractivity contribution in [2.24, 2.45) is 10.2 Å². The van der Waals surface area contributed by atoms with Crippen LogP contribution in [-0.4, -0.2) is 23.2 Å². The number of hydrogen-bond acceptors (Lipinski definition) is 7. The number of carbonyl (C=O) groups excluding carboxylic acids is 2. The molecule has 0 spiro atoms. The summed E-state index contributed by atoms with van der Waals surface area (Å²) in [6, 6.07) is 10.9. The maximum atomic E-state index is 12.3. The van der Waals surface area contributed by atoms with Gasteiger partial charge in [0.1, 0.15) is 0 Å². The van der Waals surface area contributed by atoms with Crippen LogP contribution < -0.4 is 10.9 Å². The minimum atomic E-state index is -0.531. The number of nitrogens with one attached hydrogen (secondary N) is 2. The molecule has 162 valence electrons. The van der Waals surface area contributed by atoms with Gasteiger partial charge in [-0.1, -0.05) is 13.8 Å². The molecule has 0 aliphatic carbocycles. The SMILES string of the molecule is CCc1ccc(C(C)=NNC(=O)c2ccc(C(=O)NN=C(C)c3ccc(CC)s3)o2)s1. The molecule has 0 saturated carbocycles. The van der Waals surface area contributed by atoms with Crippen LogP contribution in [0, 0.1) is 0 Å². The number of hydrogen-bond donors (Lipinski definition) is 2. The number of furan rings is 1. The van der Waals surface area contributed by atoms with E-state index in [1.165, 1.54) is 21.9 Å². The van der Waals surface area contributed by atoms with E-state index in [1.807, 2.05) is 38.1 Å². The Morgan fingerprint density at radius 1 is 0.774 bits per heavy atom. The van der Waals surface area contributed by atoms with Crippen molar-refractivity contribution < 1.29 is 14.0 Å². The van der Waals surface area contributed by atoms with Gasteiger partial charge in [-0.05, 0) is 63.1 Å². The molecule has 0 bridgehead atoms. The Hall–Kier alpha value is -3.04. The zero-order chi connectivity index (χ0) is 22.4. The van der Waals surface area contributed by atoms with Crippen LogP contribution in [-0.2, 0) is 12.8 Å². The summed E-state index contributed by atoms with van der Waals surface area (Å²) in [5.41, 5.74) is 6.32. The van der Waals surface area contributed by atoms with Crippen LogP contribution in [0.2, 0.25) is 0 Å². The van der Waals surface area contributed by atoms with Gasteiger partial charge in [0, 0.05) is 9.75 Å². The van der Waals surface area contributed by atoms with Crippen LogP contribution >= 0.6 is 22.7 Å². The predicted octanol–water partition coefficient (Wildman–Crippen LogP) is 4.84. The molecule has 3 aromatic heterocycles. The van der Waals surface area contributed by atoms with Gasteiger partial charge in [-0.3, -0.25) is 9.59 Å². The van der Waals surface area contributed by atoms with Crippen molar-refractivity contribution in [3.63, 3.8) is 0 Å². The molecule has 0 radical (unpaired) electrons. The van der Waals surface area contributed by atoms with E-state index in [9.17, 15) is 9.59 Å². The maximum absolute atomic E-state index is 12.3. The first-order valence-corrected chi connectivity index (χ1v) is 11.5. The number of amides is 2. The van der Waals surface area contributed by atoms with Crippen molar-refractivity contribution in [1.29, 1.82) is 0 Å². The summed E-state index contributed by atoms with van der Waals surface area (Å²) < 4.78 is 5.37. The number of rotatable bonds is 8. The number of nitrogens with zero attached hydrogens (tertiary/aromatic N) is 2. The Balaban J connectivity index is 1.59. The fourth-order valence-electron chi connectivity index (χ4n) is 2.60. The average molecular weight is 457 g/mol. The second-order valence-corrected chi connectivity index (χ2v) is 9.02. The zero-order valence-corrected chi connectivity index (χ0v) is 19.4. The highest BCUT2D eigenvalue weighted by Gasteiger charge is 2.16. The molecule has 2 N–H and O–H groups in total. The van der Waals surface area contributed by atoms with Gasteiger partial charge in [-0.25, -0.2) is 10.9 Å². The maximum Gasteiger partial charge on any atom is 0.307 e. The summed E-state index contributed by atoms with van der Waals surface area (Å²) in [6.45, 7) is 7.82. The van der Waals surface area contributed by atoms with Gasteiger partial charge in [0.25, 0.3) is 0 Å². The zero-order valence-electron chi connectivity index (χ0n) is 17.8. The van der Waals surface area contributed by atoms with Gasteiger partial charge in [0.15, 0.2) is 11.5 Å². The molecule has 0 fully saturated rings. The third kappa shape index (κ3) is 5.77. The number of thiophene rings is 2. The van der Waals surface area contributed by atoms with Crippen molar-refractivity contribution in [2.45, 2.75) is 40.5 Å². The highest BCUT2D eigenvalue weighted by Crippen LogP contribution is 2.18. The lowest BCUT2D eigenvalue weighted by Crippen LogP contribution is -2.20. The molecule has 2 amide bonds. The van der Waals surface area contributed by atoms with Crippen LogP contribution in [0.5, 0.6) is 0 Å². The molecule has 9 heteroatoms. The monoisotopic (exact) mass is 456 g/mol. The molecular weight excluding hydrogens is 432 g/mol. The van der Waals surface area contributed by atoms with Gasteiger partial charge < -0.3 is 4.42 Å². The van der Waals surface area contributed by atoms with E-state index in [2.05, 4.69) is 34.9 Å². The largest absolute Gasteiger partial charge is 0.446 e. The van der Waals surface area contributed by atoms with Crippen LogP contribution in [0.15, 0.2) is 51.0 Å². The first-order chi connectivity index (χ1) is 14.9. The van der Waals surface area contributed by atoms with Gasteiger partial charge in [0.2, 0.25) is 0 Å². The first kappa shape index (κ1) is 22.6. The molecule has 0 unspecified atom stereocenters. The summed E-state index contributed by atoms with van der Waals surface area (Å²) in [7, 11) is 0. The van der Waals surface area contributed by atoms with E-state index in [0.29, 0.717) is 11.4 Å². The van der Waals surface area contributed by atoms with Crippen LogP contribution in [0.25, 0.3) is 0 Å². The molecule has 7 nitrogen and oxygen atoms in total. The Labute approximate surface area is 188 Å². The summed E-state index contributed by atoms with van der Waals surface area (Å²) in [5.74, 6) is -1.07. The lowest BCUT2D eigenvalue weighted by Gasteiger charge is -2.00. The molecule has 31 heavy (non-hydrogen) atoms. The fraction of sp³-hybridized carbons (Fsp3) is 0.273. The number of hydrazone groups is 2. The lowest BCUT2D eigenvalue weighted by molar-refractivity contribution is 0.0902. The van der Waals surface area contributed by atoms with Crippen molar-refractivity contribution in [2.75, 3.05) is 0 Å². The summed E-state index contributed by atoms with van der Waals surface area (Å²) >= 11 is 3.27. The third-order valence-corrected chi connectivity index (χ3v) is 7.11. The highest BCUT2D eigenvalue weighted by molar-refractivity contribution is 7.14. The Morgan fingerprint density at radius 2 is 1.19 bits per heavy atom. The molecule has 0 aliphatic rings. The molecule has 3 heterocycles. The van der Waals surface area contributed by atoms with Crippen LogP contribution in [0.3, 0.4) is 0 Å². The molecule has 0 aliphatic heterocycles. The Bertz CT molecular complexity index is 1050. The van der Waals surface area contributed by atoms with E-state index in [0.717, 1.165) is 22.6 Å². The third-order valence-electron chi connectivity index (χ3n) is 4.44. The van der Waals surface area contributed by atoms with Gasteiger partial charge in [0.05, 0.1) is 21.2 Å². The smallest absolute Gasteiger partial charge is 0.307 e. The van der Waals surface area contributed by atoms with Crippen molar-refractivity contribution in [3.8, 4) is 0 Å². The number of aryl methyl sites for hydroxylation is 2. The van der Waals surface area contributed by atoms with Crippen molar-refractivity contribution in [3.05, 3.63) is 67.4 Å². The van der Waals surface area contributed by atoms with E-state index in [4.69, 9.17) is 4.42 Å². The van der Waals surface area contributed by atoms with E-state index in [1.54, 1.807) is 22.7 Å². The van der Waals surface area contributed by atoms with Crippen LogP contribution in [0.4, 0.5) is 0 Å². The molecule has 0 saturated heterocycles. The summed E-state index contributed by atoms with van der Waals surface area (Å²) in [4.78, 5) is 29.1. The average Bonchev–Trinajstić information content (AvgIpc) is 3.55. The van der Waals surface area contributed by atoms with Crippen molar-refractivity contribution in [1.82, 2.24) is 10.9 Å². The Morgan fingerprint density at radius 3 is 1.55 bits per heavy atom. The minimum Gasteiger partial charge on any atom is -0.446 e. The fourth-order valence-corrected chi connectivity index (χ4v) is 4.38. The quantitative estimate of drug-likeness (QED) is 0.375. The van der Waals surface area contributed by atoms with Gasteiger partial charge >= 0.3 is 11.8 Å². The first-order valence-electron chi connectivity index (χ1n) is 9.88. The molecular formula is C22H24N4O3S2. The normalized spacial score (nSPS) is 12.1. The second-order valence-electron chi connectivity index (χ2n) is 6.68. The predicted molar refractivity (Wildman–Crippen MR) is 125 cm³/mol. The second kappa shape index (κ2) is 10.3. The van der Waals surface area contributed by atoms with E-state index < -0.39 is 11.8 Å². The molecule has 0 atom stereocenters. The Kier molecular flexibility index (Phi) is 7.54. The molecule has 3 rings (SSSR count). The standard InChI is InChI=1S/C22H24N4O3S2/c1-5-15-7-11-19(30-15)13(3)23-25-21(27)17-9-10-18(29-17)22(28)26-24-14(4)20-12-8-16(6-2)31-20/h7-12H,5-6H2,1-4H3,(H,25,27)(H,26,28). The van der Waals surface area contributed by atoms with Crippen molar-refractivity contribution >= 4 is 45.9 Å². The minimum absolute atomic E-state index is 0.00586. The van der Waals surface area contributed by atoms with Gasteiger partial charge in [-0.2, -0.15) is 10.2 Å².